The molecule has 94 valence electrons. The standard InChI is InChI=1S/C14H12BrClO2/c1-17-14-6-5-10(7-13(14)15)9-18-12-4-2-3-11(16)8-12/h2-8H,9H2,1H3. The van der Waals surface area contributed by atoms with Crippen molar-refractivity contribution in [3.63, 3.8) is 0 Å². The molecule has 0 fully saturated rings. The van der Waals surface area contributed by atoms with Crippen molar-refractivity contribution in [2.45, 2.75) is 6.61 Å². The first-order valence-electron chi connectivity index (χ1n) is 5.40. The summed E-state index contributed by atoms with van der Waals surface area (Å²) in [4.78, 5) is 0. The summed E-state index contributed by atoms with van der Waals surface area (Å²) >= 11 is 9.33. The van der Waals surface area contributed by atoms with Crippen LogP contribution in [-0.2, 0) is 6.61 Å². The molecule has 2 aromatic carbocycles. The molecule has 4 heteroatoms. The fourth-order valence-corrected chi connectivity index (χ4v) is 2.29. The van der Waals surface area contributed by atoms with Gasteiger partial charge >= 0.3 is 0 Å². The van der Waals surface area contributed by atoms with Gasteiger partial charge < -0.3 is 9.47 Å². The minimum atomic E-state index is 0.489. The Morgan fingerprint density at radius 3 is 2.67 bits per heavy atom. The lowest BCUT2D eigenvalue weighted by molar-refractivity contribution is 0.306. The summed E-state index contributed by atoms with van der Waals surface area (Å²) in [5.41, 5.74) is 1.06. The number of hydrogen-bond donors (Lipinski definition) is 0. The number of benzene rings is 2. The number of halogens is 2. The van der Waals surface area contributed by atoms with E-state index in [1.165, 1.54) is 0 Å². The molecule has 0 unspecified atom stereocenters. The van der Waals surface area contributed by atoms with Crippen LogP contribution in [0, 0.1) is 0 Å². The number of methoxy groups -OCH3 is 1. The van der Waals surface area contributed by atoms with Crippen molar-refractivity contribution < 1.29 is 9.47 Å². The molecule has 0 N–H and O–H groups in total. The molecule has 0 aliphatic carbocycles. The molecule has 0 heterocycles. The van der Waals surface area contributed by atoms with E-state index in [1.807, 2.05) is 36.4 Å². The predicted molar refractivity (Wildman–Crippen MR) is 76.5 cm³/mol. The van der Waals surface area contributed by atoms with Gasteiger partial charge in [-0.25, -0.2) is 0 Å². The van der Waals surface area contributed by atoms with Crippen molar-refractivity contribution in [3.8, 4) is 11.5 Å². The third-order valence-electron chi connectivity index (χ3n) is 2.42. The van der Waals surface area contributed by atoms with Gasteiger partial charge in [0.15, 0.2) is 0 Å². The summed E-state index contributed by atoms with van der Waals surface area (Å²) in [6.45, 7) is 0.489. The summed E-state index contributed by atoms with van der Waals surface area (Å²) in [6.07, 6.45) is 0. The maximum atomic E-state index is 5.89. The van der Waals surface area contributed by atoms with E-state index in [1.54, 1.807) is 13.2 Å². The molecule has 0 radical (unpaired) electrons. The molecule has 0 spiro atoms. The van der Waals surface area contributed by atoms with Crippen LogP contribution in [0.2, 0.25) is 5.02 Å². The van der Waals surface area contributed by atoms with Crippen molar-refractivity contribution in [1.82, 2.24) is 0 Å². The Morgan fingerprint density at radius 1 is 1.17 bits per heavy atom. The molecule has 2 aromatic rings. The zero-order valence-corrected chi connectivity index (χ0v) is 12.2. The van der Waals surface area contributed by atoms with E-state index in [2.05, 4.69) is 15.9 Å². The molecule has 0 bridgehead atoms. The molecule has 0 aromatic heterocycles. The van der Waals surface area contributed by atoms with Gasteiger partial charge in [-0.05, 0) is 51.8 Å². The lowest BCUT2D eigenvalue weighted by Crippen LogP contribution is -1.96. The van der Waals surface area contributed by atoms with E-state index in [9.17, 15) is 0 Å². The van der Waals surface area contributed by atoms with Gasteiger partial charge in [-0.1, -0.05) is 23.7 Å². The fourth-order valence-electron chi connectivity index (χ4n) is 1.52. The van der Waals surface area contributed by atoms with Crippen LogP contribution >= 0.6 is 27.5 Å². The van der Waals surface area contributed by atoms with E-state index in [-0.39, 0.29) is 0 Å². The SMILES string of the molecule is COc1ccc(COc2cccc(Cl)c2)cc1Br. The van der Waals surface area contributed by atoms with Gasteiger partial charge in [0.1, 0.15) is 18.1 Å². The lowest BCUT2D eigenvalue weighted by atomic mass is 10.2. The minimum absolute atomic E-state index is 0.489. The van der Waals surface area contributed by atoms with Gasteiger partial charge in [0.2, 0.25) is 0 Å². The van der Waals surface area contributed by atoms with E-state index >= 15 is 0 Å². The first kappa shape index (κ1) is 13.2. The highest BCUT2D eigenvalue weighted by atomic mass is 79.9. The maximum absolute atomic E-state index is 5.89. The first-order valence-corrected chi connectivity index (χ1v) is 6.57. The molecule has 0 aliphatic rings. The van der Waals surface area contributed by atoms with Gasteiger partial charge in [0.05, 0.1) is 11.6 Å². The van der Waals surface area contributed by atoms with E-state index < -0.39 is 0 Å². The molecule has 2 nitrogen and oxygen atoms in total. The molecule has 18 heavy (non-hydrogen) atoms. The minimum Gasteiger partial charge on any atom is -0.496 e. The average molecular weight is 328 g/mol. The van der Waals surface area contributed by atoms with Crippen LogP contribution in [0.5, 0.6) is 11.5 Å². The average Bonchev–Trinajstić information content (AvgIpc) is 2.37. The van der Waals surface area contributed by atoms with Gasteiger partial charge in [0, 0.05) is 5.02 Å². The second kappa shape index (κ2) is 6.12. The Kier molecular flexibility index (Phi) is 4.50. The van der Waals surface area contributed by atoms with Gasteiger partial charge in [-0.2, -0.15) is 0 Å². The number of hydrogen-bond acceptors (Lipinski definition) is 2. The second-order valence-corrected chi connectivity index (χ2v) is 5.01. The van der Waals surface area contributed by atoms with Gasteiger partial charge in [-0.15, -0.1) is 0 Å². The van der Waals surface area contributed by atoms with E-state index in [0.29, 0.717) is 11.6 Å². The summed E-state index contributed by atoms with van der Waals surface area (Å²) in [5, 5.41) is 0.670. The predicted octanol–water partition coefficient (Wildman–Crippen LogP) is 4.69. The smallest absolute Gasteiger partial charge is 0.133 e. The molecular weight excluding hydrogens is 316 g/mol. The van der Waals surface area contributed by atoms with Gasteiger partial charge in [0.25, 0.3) is 0 Å². The quantitative estimate of drug-likeness (QED) is 0.811. The van der Waals surface area contributed by atoms with Crippen LogP contribution in [0.25, 0.3) is 0 Å². The first-order chi connectivity index (χ1) is 8.69. The van der Waals surface area contributed by atoms with Crippen molar-refractivity contribution in [3.05, 3.63) is 57.5 Å². The summed E-state index contributed by atoms with van der Waals surface area (Å²) in [5.74, 6) is 1.57. The van der Waals surface area contributed by atoms with Crippen LogP contribution in [-0.4, -0.2) is 7.11 Å². The summed E-state index contributed by atoms with van der Waals surface area (Å²) in [7, 11) is 1.64. The Hall–Kier alpha value is -1.19. The molecular formula is C14H12BrClO2. The lowest BCUT2D eigenvalue weighted by Gasteiger charge is -2.08. The molecule has 0 aliphatic heterocycles. The van der Waals surface area contributed by atoms with Crippen molar-refractivity contribution in [2.75, 3.05) is 7.11 Å². The topological polar surface area (TPSA) is 18.5 Å². The third-order valence-corrected chi connectivity index (χ3v) is 3.27. The Morgan fingerprint density at radius 2 is 2.00 bits per heavy atom. The highest BCUT2D eigenvalue weighted by Crippen LogP contribution is 2.26. The largest absolute Gasteiger partial charge is 0.496 e. The highest BCUT2D eigenvalue weighted by molar-refractivity contribution is 9.10. The van der Waals surface area contributed by atoms with Crippen molar-refractivity contribution in [2.24, 2.45) is 0 Å². The molecule has 0 saturated heterocycles. The van der Waals surface area contributed by atoms with Crippen molar-refractivity contribution >= 4 is 27.5 Å². The third kappa shape index (κ3) is 3.40. The zero-order valence-electron chi connectivity index (χ0n) is 9.82. The van der Waals surface area contributed by atoms with Crippen LogP contribution in [0.3, 0.4) is 0 Å². The summed E-state index contributed by atoms with van der Waals surface area (Å²) in [6, 6.07) is 13.2. The Bertz CT molecular complexity index is 543. The monoisotopic (exact) mass is 326 g/mol. The Labute approximate surface area is 120 Å². The maximum Gasteiger partial charge on any atom is 0.133 e. The molecule has 2 rings (SSSR count). The van der Waals surface area contributed by atoms with E-state index in [0.717, 1.165) is 21.5 Å². The Balaban J connectivity index is 2.04. The van der Waals surface area contributed by atoms with Crippen molar-refractivity contribution in [1.29, 1.82) is 0 Å². The highest BCUT2D eigenvalue weighted by Gasteiger charge is 2.02. The van der Waals surface area contributed by atoms with E-state index in [4.69, 9.17) is 21.1 Å². The molecule has 0 amide bonds. The zero-order chi connectivity index (χ0) is 13.0. The van der Waals surface area contributed by atoms with Crippen LogP contribution in [0.1, 0.15) is 5.56 Å². The van der Waals surface area contributed by atoms with Crippen LogP contribution < -0.4 is 9.47 Å². The number of ether oxygens (including phenoxy) is 2. The molecule has 0 saturated carbocycles. The molecule has 0 atom stereocenters. The van der Waals surface area contributed by atoms with Crippen LogP contribution in [0.4, 0.5) is 0 Å². The second-order valence-electron chi connectivity index (χ2n) is 3.71. The fraction of sp³-hybridized carbons (Fsp3) is 0.143. The summed E-state index contributed by atoms with van der Waals surface area (Å²) < 4.78 is 11.7. The van der Waals surface area contributed by atoms with Crippen LogP contribution in [0.15, 0.2) is 46.9 Å². The number of rotatable bonds is 4. The van der Waals surface area contributed by atoms with Gasteiger partial charge in [-0.3, -0.25) is 0 Å². The normalized spacial score (nSPS) is 10.2.